The number of pyridine rings is 1. The minimum Gasteiger partial charge on any atom is -0.507 e. The molecule has 3 aromatic rings. The van der Waals surface area contributed by atoms with E-state index >= 15 is 0 Å². The minimum atomic E-state index is -0.0964. The fourth-order valence-electron chi connectivity index (χ4n) is 3.44. The van der Waals surface area contributed by atoms with E-state index in [4.69, 9.17) is 0 Å². The maximum absolute atomic E-state index is 11.5. The van der Waals surface area contributed by atoms with Crippen molar-refractivity contribution in [3.8, 4) is 5.75 Å². The number of hydrogen-bond acceptors (Lipinski definition) is 7. The topological polar surface area (TPSA) is 130 Å². The van der Waals surface area contributed by atoms with Crippen molar-refractivity contribution in [1.82, 2.24) is 15.6 Å². The largest absolute Gasteiger partial charge is 0.507 e. The van der Waals surface area contributed by atoms with Crippen LogP contribution in [0, 0.1) is 19.8 Å². The lowest BCUT2D eigenvalue weighted by atomic mass is 10.1. The normalized spacial score (nSPS) is 10.6. The molecule has 1 unspecified atom stereocenters. The molecule has 46 heavy (non-hydrogen) atoms. The van der Waals surface area contributed by atoms with E-state index in [1.807, 2.05) is 85.9 Å². The van der Waals surface area contributed by atoms with Crippen molar-refractivity contribution in [3.05, 3.63) is 96.0 Å². The average molecular weight is 635 g/mol. The number of rotatable bonds is 11. The molecular formula is C37H54N4O5. The Balaban J connectivity index is 0. The maximum atomic E-state index is 11.5. The first-order chi connectivity index (χ1) is 22.1. The Labute approximate surface area is 275 Å². The van der Waals surface area contributed by atoms with Crippen LogP contribution in [0.1, 0.15) is 71.7 Å². The summed E-state index contributed by atoms with van der Waals surface area (Å²) in [6.07, 6.45) is 7.06. The number of ether oxygens (including phenoxy) is 1. The van der Waals surface area contributed by atoms with E-state index < -0.39 is 0 Å². The molecule has 1 aromatic heterocycles. The summed E-state index contributed by atoms with van der Waals surface area (Å²) in [4.78, 5) is 40.3. The van der Waals surface area contributed by atoms with Gasteiger partial charge in [0.25, 0.3) is 6.47 Å². The fourth-order valence-corrected chi connectivity index (χ4v) is 3.44. The molecule has 0 bridgehead atoms. The zero-order chi connectivity index (χ0) is 35.3. The second-order valence-corrected chi connectivity index (χ2v) is 9.69. The van der Waals surface area contributed by atoms with Crippen LogP contribution in [0.15, 0.2) is 84.1 Å². The Kier molecular flexibility index (Phi) is 26.1. The van der Waals surface area contributed by atoms with Gasteiger partial charge in [0.05, 0.1) is 6.61 Å². The average Bonchev–Trinajstić information content (AvgIpc) is 3.06. The summed E-state index contributed by atoms with van der Waals surface area (Å²) in [7, 11) is 0. The van der Waals surface area contributed by atoms with E-state index in [-0.39, 0.29) is 30.1 Å². The van der Waals surface area contributed by atoms with Crippen molar-refractivity contribution in [2.75, 3.05) is 13.2 Å². The van der Waals surface area contributed by atoms with E-state index in [1.54, 1.807) is 24.6 Å². The number of hydrogen-bond donors (Lipinski definition) is 3. The number of para-hydroxylation sites is 1. The smallest absolute Gasteiger partial charge is 0.293 e. The van der Waals surface area contributed by atoms with Gasteiger partial charge in [-0.1, -0.05) is 89.7 Å². The molecule has 0 aliphatic carbocycles. The van der Waals surface area contributed by atoms with Crippen molar-refractivity contribution >= 4 is 35.3 Å². The number of amides is 2. The Morgan fingerprint density at radius 2 is 1.67 bits per heavy atom. The lowest BCUT2D eigenvalue weighted by Crippen LogP contribution is -2.27. The van der Waals surface area contributed by atoms with E-state index in [0.717, 1.165) is 22.4 Å². The zero-order valence-corrected chi connectivity index (χ0v) is 29.1. The molecule has 3 rings (SSSR count). The van der Waals surface area contributed by atoms with Crippen LogP contribution in [0.3, 0.4) is 0 Å². The second-order valence-electron chi connectivity index (χ2n) is 9.69. The van der Waals surface area contributed by atoms with Gasteiger partial charge >= 0.3 is 0 Å². The lowest BCUT2D eigenvalue weighted by molar-refractivity contribution is -0.131. The highest BCUT2D eigenvalue weighted by atomic mass is 16.5. The third-order valence-corrected chi connectivity index (χ3v) is 5.65. The van der Waals surface area contributed by atoms with Crippen molar-refractivity contribution < 1.29 is 24.2 Å². The van der Waals surface area contributed by atoms with E-state index in [0.29, 0.717) is 26.0 Å². The summed E-state index contributed by atoms with van der Waals surface area (Å²) < 4.78 is 4.59. The fraction of sp³-hybridized carbons (Fsp3) is 0.378. The highest BCUT2D eigenvalue weighted by molar-refractivity contribution is 5.81. The van der Waals surface area contributed by atoms with Crippen molar-refractivity contribution in [3.63, 3.8) is 0 Å². The van der Waals surface area contributed by atoms with Gasteiger partial charge in [-0.05, 0) is 49.3 Å². The number of aryl methyl sites for hydroxylation is 2. The Hall–Kier alpha value is -4.79. The van der Waals surface area contributed by atoms with Crippen molar-refractivity contribution in [1.29, 1.82) is 0 Å². The van der Waals surface area contributed by atoms with E-state index in [2.05, 4.69) is 50.1 Å². The van der Waals surface area contributed by atoms with Crippen LogP contribution in [0.4, 0.5) is 0 Å². The summed E-state index contributed by atoms with van der Waals surface area (Å²) in [5, 5.41) is 17.4. The van der Waals surface area contributed by atoms with Gasteiger partial charge < -0.3 is 20.5 Å². The summed E-state index contributed by atoms with van der Waals surface area (Å²) in [5.41, 5.74) is 3.58. The molecule has 2 amide bonds. The predicted octanol–water partition coefficient (Wildman–Crippen LogP) is 7.39. The zero-order valence-electron chi connectivity index (χ0n) is 29.1. The van der Waals surface area contributed by atoms with E-state index in [9.17, 15) is 19.5 Å². The van der Waals surface area contributed by atoms with Crippen LogP contribution >= 0.6 is 0 Å². The van der Waals surface area contributed by atoms with Gasteiger partial charge in [0.15, 0.2) is 0 Å². The molecule has 0 aliphatic rings. The molecule has 0 spiro atoms. The molecular weight excluding hydrogens is 580 g/mol. The quantitative estimate of drug-likeness (QED) is 0.149. The number of phenolic OH excluding ortho intramolecular Hbond substituents is 1. The minimum absolute atomic E-state index is 0.0123. The number of nitrogens with zero attached hydrogens (tertiary/aromatic N) is 2. The van der Waals surface area contributed by atoms with Crippen LogP contribution in [0.2, 0.25) is 0 Å². The van der Waals surface area contributed by atoms with Crippen molar-refractivity contribution in [2.45, 2.75) is 75.3 Å². The van der Waals surface area contributed by atoms with Gasteiger partial charge in [-0.3, -0.25) is 24.4 Å². The molecule has 0 saturated carbocycles. The lowest BCUT2D eigenvalue weighted by Gasteiger charge is -2.10. The number of benzene rings is 2. The van der Waals surface area contributed by atoms with Gasteiger partial charge in [0.2, 0.25) is 11.8 Å². The van der Waals surface area contributed by atoms with Gasteiger partial charge in [0, 0.05) is 61.7 Å². The van der Waals surface area contributed by atoms with Gasteiger partial charge in [-0.2, -0.15) is 0 Å². The Morgan fingerprint density at radius 1 is 1.02 bits per heavy atom. The Bertz CT molecular complexity index is 1370. The monoisotopic (exact) mass is 634 g/mol. The summed E-state index contributed by atoms with van der Waals surface area (Å²) in [6, 6.07) is 15.8. The number of nitrogens with one attached hydrogen (secondary N) is 2. The number of phenols is 1. The molecule has 1 heterocycles. The number of allylic oxidation sites excluding steroid dienone is 1. The summed E-state index contributed by atoms with van der Waals surface area (Å²) >= 11 is 0. The van der Waals surface area contributed by atoms with Crippen molar-refractivity contribution in [2.24, 2.45) is 10.9 Å². The predicted molar refractivity (Wildman–Crippen MR) is 191 cm³/mol. The van der Waals surface area contributed by atoms with Crippen LogP contribution in [-0.4, -0.2) is 47.7 Å². The molecule has 2 aromatic carbocycles. The van der Waals surface area contributed by atoms with Crippen LogP contribution in [0.25, 0.3) is 10.8 Å². The molecule has 252 valence electrons. The second kappa shape index (κ2) is 27.7. The maximum Gasteiger partial charge on any atom is 0.293 e. The molecule has 9 heteroatoms. The molecule has 0 fully saturated rings. The molecule has 3 N–H and O–H groups in total. The summed E-state index contributed by atoms with van der Waals surface area (Å²) in [5.74, 6) is 0.105. The van der Waals surface area contributed by atoms with E-state index in [1.165, 1.54) is 17.7 Å². The number of aliphatic imine (C=N–C) groups is 1. The number of aromatic nitrogens is 1. The van der Waals surface area contributed by atoms with Gasteiger partial charge in [0.1, 0.15) is 5.75 Å². The standard InChI is InChI=1S/C13H20N2O3.C10H13NO2.C10H9N.2C2H6/c1-4-5-14-7-12(3)8-15-13(17)6-11(2)9-18-10-16;1-7-4-3-5-9(10(7)13)6-11-8(2)12;1-8-6-9-4-2-3-5-10(9)7-11-8;2*1-2/h4-5,7,10-11H,1,6,8-9H2,2-3H3,(H,15,17);3-5,13H,6H2,1-2H3,(H,11,12);2-7H,1H3;2*1-2H3/b12-7+,14-5?;;;;. The Morgan fingerprint density at radius 3 is 2.28 bits per heavy atom. The highest BCUT2D eigenvalue weighted by Crippen LogP contribution is 2.20. The molecule has 0 aliphatic heterocycles. The third kappa shape index (κ3) is 21.0. The number of fused-ring (bicyclic) bond motifs is 1. The molecule has 9 nitrogen and oxygen atoms in total. The first-order valence-corrected chi connectivity index (χ1v) is 15.5. The number of carbonyl (C=O) groups is 3. The first-order valence-electron chi connectivity index (χ1n) is 15.5. The molecule has 0 radical (unpaired) electrons. The highest BCUT2D eigenvalue weighted by Gasteiger charge is 2.09. The van der Waals surface area contributed by atoms with Gasteiger partial charge in [-0.25, -0.2) is 0 Å². The SMILES string of the molecule is C=CC=N/C=C(\C)CNC(=O)CC(C)COC=O.CC.CC.CC(=O)NCc1cccc(C)c1O.Cc1cc2ccccc2cn1. The van der Waals surface area contributed by atoms with Gasteiger partial charge in [-0.15, -0.1) is 0 Å². The van der Waals surface area contributed by atoms with Crippen LogP contribution in [0.5, 0.6) is 5.75 Å². The third-order valence-electron chi connectivity index (χ3n) is 5.65. The molecule has 1 atom stereocenters. The van der Waals surface area contributed by atoms with Crippen LogP contribution in [-0.2, 0) is 25.7 Å². The number of carbonyl (C=O) groups excluding carboxylic acids is 3. The first kappa shape index (κ1) is 43.3. The summed E-state index contributed by atoms with van der Waals surface area (Å²) in [6.45, 7) is 22.0. The number of aromatic hydroxyl groups is 1. The molecule has 0 saturated heterocycles. The van der Waals surface area contributed by atoms with Crippen LogP contribution < -0.4 is 10.6 Å².